The van der Waals surface area contributed by atoms with E-state index in [0.29, 0.717) is 12.3 Å². The largest absolute Gasteiger partial charge is 0.395 e. The molecule has 0 bridgehead atoms. The zero-order valence-corrected chi connectivity index (χ0v) is 12.7. The van der Waals surface area contributed by atoms with Crippen LogP contribution < -0.4 is 5.32 Å². The Kier molecular flexibility index (Phi) is 7.17. The minimum atomic E-state index is 0.00895. The molecule has 17 heavy (non-hydrogen) atoms. The van der Waals surface area contributed by atoms with Crippen LogP contribution >= 0.6 is 11.8 Å². The van der Waals surface area contributed by atoms with Crippen LogP contribution in [-0.4, -0.2) is 35.2 Å². The number of amides is 1. The summed E-state index contributed by atoms with van der Waals surface area (Å²) in [7, 11) is 0. The summed E-state index contributed by atoms with van der Waals surface area (Å²) in [6, 6.07) is 0.00895. The molecule has 0 aliphatic heterocycles. The number of nitrogens with one attached hydrogen (secondary N) is 1. The lowest BCUT2D eigenvalue weighted by atomic mass is 9.80. The van der Waals surface area contributed by atoms with Crippen LogP contribution in [0.5, 0.6) is 0 Å². The zero-order chi connectivity index (χ0) is 13.6. The number of thioether (sulfide) groups is 1. The SMILES string of the molecule is CSC(CO)C(C)NC(=O)CC(C)C(C)(C)C. The Morgan fingerprint density at radius 1 is 1.35 bits per heavy atom. The number of carbonyl (C=O) groups excluding carboxylic acids is 1. The van der Waals surface area contributed by atoms with Crippen LogP contribution in [0, 0.1) is 11.3 Å². The fourth-order valence-electron chi connectivity index (χ4n) is 1.43. The lowest BCUT2D eigenvalue weighted by Gasteiger charge is -2.28. The lowest BCUT2D eigenvalue weighted by Crippen LogP contribution is -2.42. The third kappa shape index (κ3) is 6.32. The normalized spacial score (nSPS) is 17.4. The Labute approximate surface area is 110 Å². The van der Waals surface area contributed by atoms with Crippen LogP contribution in [0.4, 0.5) is 0 Å². The Morgan fingerprint density at radius 2 is 1.88 bits per heavy atom. The van der Waals surface area contributed by atoms with Crippen molar-refractivity contribution < 1.29 is 9.90 Å². The first kappa shape index (κ1) is 16.8. The fraction of sp³-hybridized carbons (Fsp3) is 0.923. The molecule has 0 aliphatic rings. The predicted molar refractivity (Wildman–Crippen MR) is 75.2 cm³/mol. The molecule has 2 N–H and O–H groups in total. The van der Waals surface area contributed by atoms with Crippen molar-refractivity contribution in [1.29, 1.82) is 0 Å². The molecule has 0 radical (unpaired) electrons. The van der Waals surface area contributed by atoms with Crippen molar-refractivity contribution in [2.45, 2.75) is 52.3 Å². The van der Waals surface area contributed by atoms with E-state index in [4.69, 9.17) is 5.11 Å². The Bertz CT molecular complexity index is 234. The van der Waals surface area contributed by atoms with Gasteiger partial charge in [0.15, 0.2) is 0 Å². The van der Waals surface area contributed by atoms with Crippen molar-refractivity contribution in [3.05, 3.63) is 0 Å². The number of rotatable bonds is 6. The maximum Gasteiger partial charge on any atom is 0.220 e. The molecule has 102 valence electrons. The average Bonchev–Trinajstić information content (AvgIpc) is 2.17. The van der Waals surface area contributed by atoms with E-state index in [1.807, 2.05) is 13.2 Å². The second-order valence-electron chi connectivity index (χ2n) is 5.78. The van der Waals surface area contributed by atoms with E-state index in [-0.39, 0.29) is 29.2 Å². The van der Waals surface area contributed by atoms with Gasteiger partial charge in [0.25, 0.3) is 0 Å². The number of aliphatic hydroxyl groups is 1. The van der Waals surface area contributed by atoms with E-state index in [1.54, 1.807) is 11.8 Å². The van der Waals surface area contributed by atoms with Crippen LogP contribution in [0.2, 0.25) is 0 Å². The molecule has 0 saturated carbocycles. The molecule has 0 aromatic carbocycles. The van der Waals surface area contributed by atoms with Crippen LogP contribution in [0.1, 0.15) is 41.0 Å². The van der Waals surface area contributed by atoms with E-state index in [0.717, 1.165) is 0 Å². The maximum atomic E-state index is 11.8. The van der Waals surface area contributed by atoms with Gasteiger partial charge in [0.1, 0.15) is 0 Å². The van der Waals surface area contributed by atoms with Crippen LogP contribution in [-0.2, 0) is 4.79 Å². The smallest absolute Gasteiger partial charge is 0.220 e. The molecule has 0 spiro atoms. The van der Waals surface area contributed by atoms with Gasteiger partial charge in [-0.1, -0.05) is 27.7 Å². The predicted octanol–water partition coefficient (Wildman–Crippen LogP) is 2.29. The van der Waals surface area contributed by atoms with Crippen molar-refractivity contribution in [2.75, 3.05) is 12.9 Å². The number of hydrogen-bond donors (Lipinski definition) is 2. The van der Waals surface area contributed by atoms with E-state index in [9.17, 15) is 4.79 Å². The summed E-state index contributed by atoms with van der Waals surface area (Å²) in [6.07, 6.45) is 2.49. The molecule has 0 aromatic heterocycles. The first-order valence-electron chi connectivity index (χ1n) is 6.15. The van der Waals surface area contributed by atoms with Gasteiger partial charge in [0.05, 0.1) is 6.61 Å². The Morgan fingerprint density at radius 3 is 2.24 bits per heavy atom. The maximum absolute atomic E-state index is 11.8. The molecule has 3 atom stereocenters. The zero-order valence-electron chi connectivity index (χ0n) is 11.9. The Balaban J connectivity index is 4.18. The third-order valence-electron chi connectivity index (χ3n) is 3.40. The van der Waals surface area contributed by atoms with Gasteiger partial charge in [-0.05, 0) is 24.5 Å². The number of aliphatic hydroxyl groups excluding tert-OH is 1. The standard InChI is InChI=1S/C13H27NO2S/c1-9(13(3,4)5)7-12(16)14-10(2)11(8-15)17-6/h9-11,15H,7-8H2,1-6H3,(H,14,16). The molecule has 0 rings (SSSR count). The van der Waals surface area contributed by atoms with Gasteiger partial charge in [-0.2, -0.15) is 11.8 Å². The van der Waals surface area contributed by atoms with Gasteiger partial charge < -0.3 is 10.4 Å². The molecular formula is C13H27NO2S. The van der Waals surface area contributed by atoms with Gasteiger partial charge in [-0.3, -0.25) is 4.79 Å². The molecule has 0 aromatic rings. The average molecular weight is 261 g/mol. The van der Waals surface area contributed by atoms with Crippen molar-refractivity contribution in [3.8, 4) is 0 Å². The molecule has 0 heterocycles. The first-order valence-corrected chi connectivity index (χ1v) is 7.44. The molecule has 4 heteroatoms. The van der Waals surface area contributed by atoms with Crippen molar-refractivity contribution in [3.63, 3.8) is 0 Å². The summed E-state index contributed by atoms with van der Waals surface area (Å²) in [6.45, 7) is 10.6. The van der Waals surface area contributed by atoms with Gasteiger partial charge in [-0.25, -0.2) is 0 Å². The van der Waals surface area contributed by atoms with E-state index >= 15 is 0 Å². The van der Waals surface area contributed by atoms with E-state index in [2.05, 4.69) is 33.0 Å². The first-order chi connectivity index (χ1) is 7.72. The number of hydrogen-bond acceptors (Lipinski definition) is 3. The van der Waals surface area contributed by atoms with Crippen LogP contribution in [0.15, 0.2) is 0 Å². The third-order valence-corrected chi connectivity index (χ3v) is 4.56. The molecule has 0 fully saturated rings. The number of carbonyl (C=O) groups is 1. The highest BCUT2D eigenvalue weighted by atomic mass is 32.2. The molecular weight excluding hydrogens is 234 g/mol. The van der Waals surface area contributed by atoms with Crippen LogP contribution in [0.3, 0.4) is 0 Å². The van der Waals surface area contributed by atoms with Crippen molar-refractivity contribution in [1.82, 2.24) is 5.32 Å². The molecule has 3 unspecified atom stereocenters. The minimum Gasteiger partial charge on any atom is -0.395 e. The molecule has 3 nitrogen and oxygen atoms in total. The summed E-state index contributed by atoms with van der Waals surface area (Å²) in [5, 5.41) is 12.2. The second-order valence-corrected chi connectivity index (χ2v) is 6.86. The highest BCUT2D eigenvalue weighted by Crippen LogP contribution is 2.27. The lowest BCUT2D eigenvalue weighted by molar-refractivity contribution is -0.123. The summed E-state index contributed by atoms with van der Waals surface area (Å²) in [5.41, 5.74) is 0.149. The summed E-state index contributed by atoms with van der Waals surface area (Å²) in [4.78, 5) is 11.8. The highest BCUT2D eigenvalue weighted by molar-refractivity contribution is 7.99. The van der Waals surface area contributed by atoms with E-state index in [1.165, 1.54) is 0 Å². The molecule has 0 saturated heterocycles. The molecule has 1 amide bonds. The van der Waals surface area contributed by atoms with Gasteiger partial charge in [0, 0.05) is 17.7 Å². The summed E-state index contributed by atoms with van der Waals surface area (Å²) >= 11 is 1.58. The summed E-state index contributed by atoms with van der Waals surface area (Å²) < 4.78 is 0. The second kappa shape index (κ2) is 7.27. The van der Waals surface area contributed by atoms with Crippen molar-refractivity contribution in [2.24, 2.45) is 11.3 Å². The van der Waals surface area contributed by atoms with E-state index < -0.39 is 0 Å². The van der Waals surface area contributed by atoms with Crippen LogP contribution in [0.25, 0.3) is 0 Å². The monoisotopic (exact) mass is 261 g/mol. The van der Waals surface area contributed by atoms with Crippen molar-refractivity contribution >= 4 is 17.7 Å². The Hall–Kier alpha value is -0.220. The molecule has 0 aliphatic carbocycles. The topological polar surface area (TPSA) is 49.3 Å². The van der Waals surface area contributed by atoms with Gasteiger partial charge in [-0.15, -0.1) is 0 Å². The van der Waals surface area contributed by atoms with Gasteiger partial charge in [0.2, 0.25) is 5.91 Å². The van der Waals surface area contributed by atoms with Gasteiger partial charge >= 0.3 is 0 Å². The fourth-order valence-corrected chi connectivity index (χ4v) is 2.05. The minimum absolute atomic E-state index is 0.00895. The highest BCUT2D eigenvalue weighted by Gasteiger charge is 2.24. The quantitative estimate of drug-likeness (QED) is 0.771. The summed E-state index contributed by atoms with van der Waals surface area (Å²) in [5.74, 6) is 0.420.